The minimum Gasteiger partial charge on any atom is -0.457 e. The Balaban J connectivity index is 2.43. The molecular weight excluding hydrogens is 751 g/mol. The molecule has 13 heteroatoms. The number of carbonyl (C=O) groups is 1. The average Bonchev–Trinajstić information content (AvgIpc) is 3.19. The number of ether oxygens (including phenoxy) is 2. The van der Waals surface area contributed by atoms with Crippen molar-refractivity contribution in [3.05, 3.63) is 72.9 Å². The normalized spacial score (nSPS) is 23.6. The Morgan fingerprint density at radius 2 is 1.04 bits per heavy atom. The van der Waals surface area contributed by atoms with E-state index in [0.717, 1.165) is 109 Å². The SMILES string of the molecule is CC/C=C\C/C=C\C/C=C\C/C=C\C/C=C\CCCCCCOCC(COP(=O)(O)OC1C(O)C(O)C(O)C(O)C1O)OC(=O)CCCCCCC/C=C\CCC. The highest BCUT2D eigenvalue weighted by Gasteiger charge is 2.51. The number of phosphoric ester groups is 1. The molecule has 0 heterocycles. The van der Waals surface area contributed by atoms with Crippen molar-refractivity contribution in [2.24, 2.45) is 0 Å². The Kier molecular flexibility index (Phi) is 32.1. The molecule has 0 aromatic heterocycles. The maximum absolute atomic E-state index is 12.8. The number of unbranched alkanes of at least 4 members (excludes halogenated alkanes) is 10. The number of aliphatic hydroxyl groups is 5. The van der Waals surface area contributed by atoms with Crippen LogP contribution in [0.25, 0.3) is 0 Å². The largest absolute Gasteiger partial charge is 0.472 e. The first kappa shape index (κ1) is 52.8. The van der Waals surface area contributed by atoms with Crippen molar-refractivity contribution in [1.29, 1.82) is 0 Å². The van der Waals surface area contributed by atoms with Crippen molar-refractivity contribution < 1.29 is 58.3 Å². The maximum atomic E-state index is 12.8. The summed E-state index contributed by atoms with van der Waals surface area (Å²) < 4.78 is 34.0. The third kappa shape index (κ3) is 27.2. The van der Waals surface area contributed by atoms with Gasteiger partial charge in [0, 0.05) is 13.0 Å². The predicted molar refractivity (Wildman–Crippen MR) is 225 cm³/mol. The zero-order valence-electron chi connectivity index (χ0n) is 34.6. The summed E-state index contributed by atoms with van der Waals surface area (Å²) in [5, 5.41) is 50.0. The summed E-state index contributed by atoms with van der Waals surface area (Å²) in [7, 11) is -5.03. The average molecular weight is 827 g/mol. The lowest BCUT2D eigenvalue weighted by atomic mass is 9.85. The van der Waals surface area contributed by atoms with Gasteiger partial charge in [-0.05, 0) is 77.0 Å². The van der Waals surface area contributed by atoms with Crippen molar-refractivity contribution in [2.45, 2.75) is 179 Å². The first-order chi connectivity index (χ1) is 27.5. The van der Waals surface area contributed by atoms with Gasteiger partial charge < -0.3 is 39.9 Å². The summed E-state index contributed by atoms with van der Waals surface area (Å²) in [5.74, 6) is -0.503. The highest BCUT2D eigenvalue weighted by atomic mass is 31.2. The molecule has 1 aliphatic carbocycles. The van der Waals surface area contributed by atoms with Gasteiger partial charge in [0.05, 0.1) is 13.2 Å². The van der Waals surface area contributed by atoms with Crippen LogP contribution in [0.2, 0.25) is 0 Å². The van der Waals surface area contributed by atoms with Crippen LogP contribution in [-0.2, 0) is 27.9 Å². The fourth-order valence-electron chi connectivity index (χ4n) is 5.91. The monoisotopic (exact) mass is 826 g/mol. The quantitative estimate of drug-likeness (QED) is 0.0159. The van der Waals surface area contributed by atoms with Crippen molar-refractivity contribution >= 4 is 13.8 Å². The molecule has 1 aliphatic rings. The molecule has 6 atom stereocenters. The molecule has 328 valence electrons. The molecule has 1 rings (SSSR count). The van der Waals surface area contributed by atoms with Crippen molar-refractivity contribution in [2.75, 3.05) is 19.8 Å². The fraction of sp³-hybridized carbons (Fsp3) is 0.705. The molecule has 0 aromatic carbocycles. The molecule has 12 nitrogen and oxygen atoms in total. The van der Waals surface area contributed by atoms with Gasteiger partial charge in [-0.1, -0.05) is 125 Å². The minimum atomic E-state index is -5.03. The van der Waals surface area contributed by atoms with E-state index >= 15 is 0 Å². The van der Waals surface area contributed by atoms with Crippen LogP contribution in [0.15, 0.2) is 72.9 Å². The van der Waals surface area contributed by atoms with E-state index < -0.39 is 63.1 Å². The summed E-state index contributed by atoms with van der Waals surface area (Å²) in [6.45, 7) is 3.98. The first-order valence-electron chi connectivity index (χ1n) is 21.3. The molecule has 0 saturated heterocycles. The van der Waals surface area contributed by atoms with Crippen LogP contribution in [0.3, 0.4) is 0 Å². The number of hydrogen-bond donors (Lipinski definition) is 6. The first-order valence-corrected chi connectivity index (χ1v) is 22.8. The number of allylic oxidation sites excluding steroid dienone is 12. The second kappa shape index (κ2) is 34.6. The summed E-state index contributed by atoms with van der Waals surface area (Å²) in [6.07, 6.45) is 31.3. The minimum absolute atomic E-state index is 0.102. The number of phosphoric acid groups is 1. The van der Waals surface area contributed by atoms with E-state index in [1.807, 2.05) is 0 Å². The summed E-state index contributed by atoms with van der Waals surface area (Å²) in [6, 6.07) is 0. The molecule has 0 aliphatic heterocycles. The Hall–Kier alpha value is -2.22. The molecule has 0 aromatic rings. The molecule has 1 fully saturated rings. The Bertz CT molecular complexity index is 1220. The van der Waals surface area contributed by atoms with Crippen molar-refractivity contribution in [3.63, 3.8) is 0 Å². The van der Waals surface area contributed by atoms with Gasteiger partial charge in [-0.2, -0.15) is 0 Å². The van der Waals surface area contributed by atoms with Gasteiger partial charge in [-0.3, -0.25) is 13.8 Å². The third-order valence-electron chi connectivity index (χ3n) is 9.29. The van der Waals surface area contributed by atoms with Gasteiger partial charge >= 0.3 is 13.8 Å². The molecule has 57 heavy (non-hydrogen) atoms. The lowest BCUT2D eigenvalue weighted by Gasteiger charge is -2.41. The van der Waals surface area contributed by atoms with Crippen molar-refractivity contribution in [3.8, 4) is 0 Å². The Morgan fingerprint density at radius 1 is 0.579 bits per heavy atom. The van der Waals surface area contributed by atoms with Crippen LogP contribution in [0.4, 0.5) is 0 Å². The zero-order chi connectivity index (χ0) is 42.0. The van der Waals surface area contributed by atoms with Crippen LogP contribution in [-0.4, -0.2) is 98.9 Å². The van der Waals surface area contributed by atoms with Gasteiger partial charge in [-0.25, -0.2) is 4.57 Å². The van der Waals surface area contributed by atoms with Crippen LogP contribution in [0.5, 0.6) is 0 Å². The lowest BCUT2D eigenvalue weighted by molar-refractivity contribution is -0.220. The molecular formula is C44H75O12P. The molecule has 6 unspecified atom stereocenters. The van der Waals surface area contributed by atoms with E-state index in [2.05, 4.69) is 86.8 Å². The topological polar surface area (TPSA) is 192 Å². The summed E-state index contributed by atoms with van der Waals surface area (Å²) >= 11 is 0. The Morgan fingerprint density at radius 3 is 1.60 bits per heavy atom. The number of hydrogen-bond acceptors (Lipinski definition) is 11. The second-order valence-electron chi connectivity index (χ2n) is 14.5. The molecule has 0 amide bonds. The molecule has 0 radical (unpaired) electrons. The molecule has 0 spiro atoms. The van der Waals surface area contributed by atoms with Gasteiger partial charge in [0.25, 0.3) is 0 Å². The number of rotatable bonds is 34. The predicted octanol–water partition coefficient (Wildman–Crippen LogP) is 8.02. The molecule has 6 N–H and O–H groups in total. The summed E-state index contributed by atoms with van der Waals surface area (Å²) in [5.41, 5.74) is 0. The van der Waals surface area contributed by atoms with E-state index in [0.29, 0.717) is 13.0 Å². The van der Waals surface area contributed by atoms with E-state index in [1.54, 1.807) is 0 Å². The molecule has 1 saturated carbocycles. The van der Waals surface area contributed by atoms with Gasteiger partial charge in [0.1, 0.15) is 42.7 Å². The van der Waals surface area contributed by atoms with E-state index in [9.17, 15) is 39.8 Å². The number of esters is 1. The Labute approximate surface area is 342 Å². The van der Waals surface area contributed by atoms with E-state index in [-0.39, 0.29) is 13.0 Å². The zero-order valence-corrected chi connectivity index (χ0v) is 35.5. The van der Waals surface area contributed by atoms with Gasteiger partial charge in [0.15, 0.2) is 0 Å². The lowest BCUT2D eigenvalue weighted by Crippen LogP contribution is -2.64. The second-order valence-corrected chi connectivity index (χ2v) is 15.9. The highest BCUT2D eigenvalue weighted by molar-refractivity contribution is 7.47. The molecule has 0 bridgehead atoms. The smallest absolute Gasteiger partial charge is 0.457 e. The number of aliphatic hydroxyl groups excluding tert-OH is 5. The standard InChI is InChI=1S/C44H75O12P/c1-3-5-7-9-11-13-15-16-17-18-19-20-21-22-23-24-26-28-30-32-34-53-35-37(55-38(45)33-31-29-27-25-14-12-10-8-6-4-2)36-54-57(51,52)56-44-42(49)40(47)39(46)41(48)43(44)50/h5,7-8,10-11,13,16-17,19-20,22-23,37,39-44,46-50H,3-4,6,9,12,14-15,18,21,24-36H2,1-2H3,(H,51,52)/b7-5-,10-8-,13-11-,17-16-,20-19-,23-22-. The van der Waals surface area contributed by atoms with E-state index in [1.165, 1.54) is 0 Å². The highest BCUT2D eigenvalue weighted by Crippen LogP contribution is 2.47. The van der Waals surface area contributed by atoms with E-state index in [4.69, 9.17) is 18.5 Å². The number of carbonyl (C=O) groups excluding carboxylic acids is 1. The fourth-order valence-corrected chi connectivity index (χ4v) is 6.88. The van der Waals surface area contributed by atoms with Crippen LogP contribution < -0.4 is 0 Å². The maximum Gasteiger partial charge on any atom is 0.472 e. The van der Waals surface area contributed by atoms with Gasteiger partial charge in [0.2, 0.25) is 0 Å². The summed E-state index contributed by atoms with van der Waals surface area (Å²) in [4.78, 5) is 23.0. The third-order valence-corrected chi connectivity index (χ3v) is 10.3. The van der Waals surface area contributed by atoms with Crippen LogP contribution >= 0.6 is 7.82 Å². The van der Waals surface area contributed by atoms with Crippen LogP contribution in [0.1, 0.15) is 136 Å². The van der Waals surface area contributed by atoms with Gasteiger partial charge in [-0.15, -0.1) is 0 Å². The van der Waals surface area contributed by atoms with Crippen molar-refractivity contribution in [1.82, 2.24) is 0 Å². The van der Waals surface area contributed by atoms with Crippen LogP contribution in [0, 0.1) is 0 Å².